The van der Waals surface area contributed by atoms with E-state index in [0.717, 1.165) is 34.5 Å². The highest BCUT2D eigenvalue weighted by Gasteiger charge is 2.33. The van der Waals surface area contributed by atoms with Crippen LogP contribution in [-0.2, 0) is 11.0 Å². The minimum atomic E-state index is -4.64. The number of nitrogens with one attached hydrogen (secondary N) is 1. The zero-order chi connectivity index (χ0) is 25.5. The molecule has 0 spiro atoms. The minimum absolute atomic E-state index is 0.0117. The standard InChI is InChI=1S/C26H25F3N4O2/c1-14(2)33-23(34)9-16(4)21-10-18(13-31-24(21)33)20-12-19(6-5-15(20)3)32-25(35)17-7-8-30-22(11-17)26(27,28)29/h5-8,10-14,16H,9H2,1-4H3,(H,32,35). The van der Waals surface area contributed by atoms with Gasteiger partial charge in [-0.25, -0.2) is 4.98 Å². The van der Waals surface area contributed by atoms with Crippen LogP contribution in [0.15, 0.2) is 48.8 Å². The smallest absolute Gasteiger partial charge is 0.322 e. The van der Waals surface area contributed by atoms with Crippen molar-refractivity contribution in [2.24, 2.45) is 0 Å². The maximum absolute atomic E-state index is 13.0. The predicted molar refractivity (Wildman–Crippen MR) is 127 cm³/mol. The van der Waals surface area contributed by atoms with Crippen LogP contribution in [0.3, 0.4) is 0 Å². The van der Waals surface area contributed by atoms with Gasteiger partial charge in [0, 0.05) is 41.7 Å². The number of alkyl halides is 3. The van der Waals surface area contributed by atoms with Crippen LogP contribution in [0.25, 0.3) is 11.1 Å². The van der Waals surface area contributed by atoms with Gasteiger partial charge < -0.3 is 5.32 Å². The molecule has 2 amide bonds. The number of anilines is 2. The molecule has 182 valence electrons. The summed E-state index contributed by atoms with van der Waals surface area (Å²) in [7, 11) is 0. The fraction of sp³-hybridized carbons (Fsp3) is 0.308. The second-order valence-corrected chi connectivity index (χ2v) is 9.01. The maximum Gasteiger partial charge on any atom is 0.433 e. The van der Waals surface area contributed by atoms with Gasteiger partial charge in [-0.3, -0.25) is 19.5 Å². The number of carbonyl (C=O) groups is 2. The molecular formula is C26H25F3N4O2. The lowest BCUT2D eigenvalue weighted by Gasteiger charge is -2.34. The van der Waals surface area contributed by atoms with Crippen molar-refractivity contribution >= 4 is 23.3 Å². The first kappa shape index (κ1) is 24.4. The molecule has 35 heavy (non-hydrogen) atoms. The van der Waals surface area contributed by atoms with Crippen LogP contribution in [0.5, 0.6) is 0 Å². The van der Waals surface area contributed by atoms with Crippen LogP contribution in [0, 0.1) is 6.92 Å². The van der Waals surface area contributed by atoms with E-state index in [4.69, 9.17) is 0 Å². The number of rotatable bonds is 4. The first-order chi connectivity index (χ1) is 16.5. The molecule has 0 saturated heterocycles. The molecule has 2 aromatic heterocycles. The van der Waals surface area contributed by atoms with Gasteiger partial charge in [0.15, 0.2) is 0 Å². The fourth-order valence-electron chi connectivity index (χ4n) is 4.25. The Hall–Kier alpha value is -3.75. The van der Waals surface area contributed by atoms with Crippen molar-refractivity contribution in [2.75, 3.05) is 10.2 Å². The van der Waals surface area contributed by atoms with Gasteiger partial charge in [-0.1, -0.05) is 13.0 Å². The summed E-state index contributed by atoms with van der Waals surface area (Å²) in [5.41, 5.74) is 2.73. The Morgan fingerprint density at radius 3 is 2.57 bits per heavy atom. The molecule has 0 saturated carbocycles. The number of halogens is 3. The van der Waals surface area contributed by atoms with Gasteiger partial charge in [0.05, 0.1) is 0 Å². The SMILES string of the molecule is Cc1ccc(NC(=O)c2ccnc(C(F)(F)F)c2)cc1-c1cnc2c(c1)C(C)CC(=O)N2C(C)C. The lowest BCUT2D eigenvalue weighted by atomic mass is 9.90. The largest absolute Gasteiger partial charge is 0.433 e. The second kappa shape index (κ2) is 9.13. The number of aromatic nitrogens is 2. The van der Waals surface area contributed by atoms with Gasteiger partial charge in [0.1, 0.15) is 11.5 Å². The molecular weight excluding hydrogens is 457 g/mol. The lowest BCUT2D eigenvalue weighted by molar-refractivity contribution is -0.141. The minimum Gasteiger partial charge on any atom is -0.322 e. The Labute approximate surface area is 201 Å². The van der Waals surface area contributed by atoms with Crippen LogP contribution in [-0.4, -0.2) is 27.8 Å². The van der Waals surface area contributed by atoms with Gasteiger partial charge in [-0.05, 0) is 73.7 Å². The molecule has 3 aromatic rings. The Morgan fingerprint density at radius 1 is 1.14 bits per heavy atom. The zero-order valence-corrected chi connectivity index (χ0v) is 19.8. The number of amides is 2. The van der Waals surface area contributed by atoms with Crippen LogP contribution < -0.4 is 10.2 Å². The van der Waals surface area contributed by atoms with E-state index in [1.165, 1.54) is 6.07 Å². The molecule has 6 nitrogen and oxygen atoms in total. The van der Waals surface area contributed by atoms with E-state index in [9.17, 15) is 22.8 Å². The van der Waals surface area contributed by atoms with Crippen LogP contribution in [0.1, 0.15) is 60.3 Å². The molecule has 0 aliphatic carbocycles. The van der Waals surface area contributed by atoms with Crippen molar-refractivity contribution in [3.8, 4) is 11.1 Å². The second-order valence-electron chi connectivity index (χ2n) is 9.01. The molecule has 9 heteroatoms. The highest BCUT2D eigenvalue weighted by molar-refractivity contribution is 6.04. The van der Waals surface area contributed by atoms with Crippen molar-refractivity contribution in [2.45, 2.75) is 52.3 Å². The summed E-state index contributed by atoms with van der Waals surface area (Å²) in [6.45, 7) is 7.81. The van der Waals surface area contributed by atoms with Gasteiger partial charge in [0.2, 0.25) is 5.91 Å². The monoisotopic (exact) mass is 482 g/mol. The predicted octanol–water partition coefficient (Wildman–Crippen LogP) is 5.97. The summed E-state index contributed by atoms with van der Waals surface area (Å²) in [6.07, 6.45) is -1.58. The molecule has 0 bridgehead atoms. The number of hydrogen-bond acceptors (Lipinski definition) is 4. The topological polar surface area (TPSA) is 75.2 Å². The summed E-state index contributed by atoms with van der Waals surface area (Å²) in [5.74, 6) is 0.0485. The Morgan fingerprint density at radius 2 is 1.89 bits per heavy atom. The number of pyridine rings is 2. The van der Waals surface area contributed by atoms with Gasteiger partial charge >= 0.3 is 6.18 Å². The summed E-state index contributed by atoms with van der Waals surface area (Å²) in [5, 5.41) is 2.67. The van der Waals surface area contributed by atoms with Gasteiger partial charge in [-0.2, -0.15) is 13.2 Å². The molecule has 0 fully saturated rings. The molecule has 1 aliphatic rings. The highest BCUT2D eigenvalue weighted by atomic mass is 19.4. The third kappa shape index (κ3) is 4.89. The fourth-order valence-corrected chi connectivity index (χ4v) is 4.25. The Bertz CT molecular complexity index is 1300. The van der Waals surface area contributed by atoms with E-state index in [1.54, 1.807) is 23.2 Å². The quantitative estimate of drug-likeness (QED) is 0.497. The molecule has 4 rings (SSSR count). The molecule has 1 unspecified atom stereocenters. The normalized spacial score (nSPS) is 15.8. The highest BCUT2D eigenvalue weighted by Crippen LogP contribution is 2.38. The summed E-state index contributed by atoms with van der Waals surface area (Å²) in [6, 6.07) is 9.24. The lowest BCUT2D eigenvalue weighted by Crippen LogP contribution is -2.41. The third-order valence-corrected chi connectivity index (χ3v) is 6.04. The third-order valence-electron chi connectivity index (χ3n) is 6.04. The number of carbonyl (C=O) groups excluding carboxylic acids is 2. The van der Waals surface area contributed by atoms with E-state index < -0.39 is 17.8 Å². The summed E-state index contributed by atoms with van der Waals surface area (Å²) >= 11 is 0. The molecule has 1 aromatic carbocycles. The first-order valence-corrected chi connectivity index (χ1v) is 11.2. The van der Waals surface area contributed by atoms with E-state index in [2.05, 4.69) is 15.3 Å². The molecule has 1 aliphatic heterocycles. The number of nitrogens with zero attached hydrogens (tertiary/aromatic N) is 3. The summed E-state index contributed by atoms with van der Waals surface area (Å²) in [4.78, 5) is 34.8. The maximum atomic E-state index is 13.0. The van der Waals surface area contributed by atoms with Crippen molar-refractivity contribution in [3.05, 3.63) is 71.2 Å². The number of hydrogen-bond donors (Lipinski definition) is 1. The molecule has 1 N–H and O–H groups in total. The van der Waals surface area contributed by atoms with Crippen molar-refractivity contribution in [1.82, 2.24) is 9.97 Å². The zero-order valence-electron chi connectivity index (χ0n) is 19.8. The van der Waals surface area contributed by atoms with Crippen LogP contribution >= 0.6 is 0 Å². The molecule has 3 heterocycles. The van der Waals surface area contributed by atoms with E-state index in [1.807, 2.05) is 39.8 Å². The van der Waals surface area contributed by atoms with E-state index in [-0.39, 0.29) is 23.4 Å². The molecule has 1 atom stereocenters. The van der Waals surface area contributed by atoms with Gasteiger partial charge in [-0.15, -0.1) is 0 Å². The average Bonchev–Trinajstić information content (AvgIpc) is 2.79. The van der Waals surface area contributed by atoms with Crippen molar-refractivity contribution in [3.63, 3.8) is 0 Å². The first-order valence-electron chi connectivity index (χ1n) is 11.2. The van der Waals surface area contributed by atoms with Crippen LogP contribution in [0.4, 0.5) is 24.7 Å². The molecule has 0 radical (unpaired) electrons. The van der Waals surface area contributed by atoms with Gasteiger partial charge in [0.25, 0.3) is 5.91 Å². The van der Waals surface area contributed by atoms with Crippen molar-refractivity contribution in [1.29, 1.82) is 0 Å². The summed E-state index contributed by atoms with van der Waals surface area (Å²) < 4.78 is 38.9. The van der Waals surface area contributed by atoms with Crippen molar-refractivity contribution < 1.29 is 22.8 Å². The van der Waals surface area contributed by atoms with E-state index in [0.29, 0.717) is 17.9 Å². The average molecular weight is 483 g/mol. The Kier molecular flexibility index (Phi) is 6.36. The Balaban J connectivity index is 1.65. The van der Waals surface area contributed by atoms with Crippen LogP contribution in [0.2, 0.25) is 0 Å². The number of fused-ring (bicyclic) bond motifs is 1. The van der Waals surface area contributed by atoms with E-state index >= 15 is 0 Å². The number of benzene rings is 1. The number of aryl methyl sites for hydroxylation is 1.